The summed E-state index contributed by atoms with van der Waals surface area (Å²) in [4.78, 5) is 64.4. The van der Waals surface area contributed by atoms with Crippen LogP contribution in [0, 0.1) is 0 Å². The predicted molar refractivity (Wildman–Crippen MR) is 347 cm³/mol. The van der Waals surface area contributed by atoms with E-state index in [1.807, 2.05) is 0 Å². The molecule has 4 fully saturated rings. The molecule has 5 rings (SSSR count). The van der Waals surface area contributed by atoms with Crippen LogP contribution >= 0.6 is 0 Å². The quantitative estimate of drug-likeness (QED) is 0.0215. The molecule has 36 heteroatoms. The Morgan fingerprint density at radius 2 is 1.04 bits per heavy atom. The van der Waals surface area contributed by atoms with Gasteiger partial charge < -0.3 is 155 Å². The lowest BCUT2D eigenvalue weighted by Gasteiger charge is -2.48. The van der Waals surface area contributed by atoms with Crippen LogP contribution in [0.5, 0.6) is 5.75 Å². The van der Waals surface area contributed by atoms with Crippen molar-refractivity contribution >= 4 is 29.5 Å². The highest BCUT2D eigenvalue weighted by atomic mass is 16.8. The van der Waals surface area contributed by atoms with Crippen LogP contribution in [0.25, 0.3) is 0 Å². The lowest BCUT2D eigenvalue weighted by atomic mass is 9.94. The number of ether oxygens (including phenoxy) is 13. The van der Waals surface area contributed by atoms with Gasteiger partial charge >= 0.3 is 0 Å². The summed E-state index contributed by atoms with van der Waals surface area (Å²) in [5.41, 5.74) is 0.0647. The number of unbranched alkanes of at least 4 members (excludes halogenated alkanes) is 8. The van der Waals surface area contributed by atoms with Gasteiger partial charge in [-0.3, -0.25) is 24.0 Å². The number of hydrogen-bond acceptors (Lipinski definition) is 31. The van der Waals surface area contributed by atoms with Crippen LogP contribution < -0.4 is 31.3 Å². The first-order chi connectivity index (χ1) is 48.1. The lowest BCUT2D eigenvalue weighted by molar-refractivity contribution is -0.347. The lowest BCUT2D eigenvalue weighted by Crippen LogP contribution is -2.69. The molecule has 0 bridgehead atoms. The van der Waals surface area contributed by atoms with Gasteiger partial charge in [0, 0.05) is 40.4 Å². The van der Waals surface area contributed by atoms with E-state index in [0.717, 1.165) is 46.5 Å². The number of hydrogen-bond donors (Lipinski definition) is 18. The average Bonchev–Trinajstić information content (AvgIpc) is 0.720. The summed E-state index contributed by atoms with van der Waals surface area (Å²) < 4.78 is 78.1. The molecule has 14 unspecified atom stereocenters. The molecule has 4 saturated heterocycles. The highest BCUT2D eigenvalue weighted by Gasteiger charge is 2.55. The summed E-state index contributed by atoms with van der Waals surface area (Å²) in [6, 6.07) is -1.32. The first kappa shape index (κ1) is 87.0. The van der Waals surface area contributed by atoms with Crippen LogP contribution in [-0.2, 0) is 76.0 Å². The molecule has 0 radical (unpaired) electrons. The third-order valence-electron chi connectivity index (χ3n) is 17.6. The monoisotopic (exact) mass is 1460 g/mol. The van der Waals surface area contributed by atoms with E-state index < -0.39 is 248 Å². The zero-order valence-electron chi connectivity index (χ0n) is 58.7. The minimum Gasteiger partial charge on any atom is -0.494 e. The van der Waals surface area contributed by atoms with Gasteiger partial charge in [0.15, 0.2) is 37.7 Å². The van der Waals surface area contributed by atoms with Crippen LogP contribution in [-0.4, -0.2) is 328 Å². The maximum Gasteiger partial charge on any atom is 0.251 e. The van der Waals surface area contributed by atoms with E-state index in [4.69, 9.17) is 61.6 Å². The van der Waals surface area contributed by atoms with Crippen LogP contribution in [0.4, 0.5) is 0 Å². The van der Waals surface area contributed by atoms with Crippen molar-refractivity contribution in [2.45, 2.75) is 285 Å². The molecule has 1 aromatic carbocycles. The number of methoxy groups -OCH3 is 1. The van der Waals surface area contributed by atoms with Gasteiger partial charge in [-0.25, -0.2) is 0 Å². The molecule has 0 spiro atoms. The van der Waals surface area contributed by atoms with Gasteiger partial charge in [-0.15, -0.1) is 0 Å². The van der Waals surface area contributed by atoms with Crippen molar-refractivity contribution < 1.29 is 152 Å². The van der Waals surface area contributed by atoms with E-state index >= 15 is 0 Å². The number of rotatable bonds is 43. The van der Waals surface area contributed by atoms with Gasteiger partial charge in [0.25, 0.3) is 5.91 Å². The molecule has 101 heavy (non-hydrogen) atoms. The molecule has 0 saturated carbocycles. The highest BCUT2D eigenvalue weighted by molar-refractivity contribution is 5.94. The van der Waals surface area contributed by atoms with Crippen molar-refractivity contribution in [1.29, 1.82) is 0 Å². The predicted octanol–water partition coefficient (Wildman–Crippen LogP) is -5.22. The Morgan fingerprint density at radius 3 is 1.57 bits per heavy atom. The molecule has 18 N–H and O–H groups in total. The minimum atomic E-state index is -2.01. The first-order valence-electron chi connectivity index (χ1n) is 34.3. The smallest absolute Gasteiger partial charge is 0.251 e. The molecular weight excluding hydrogens is 1350 g/mol. The van der Waals surface area contributed by atoms with Crippen LogP contribution in [0.2, 0.25) is 0 Å². The Balaban J connectivity index is 1.36. The molecule has 28 atom stereocenters. The highest BCUT2D eigenvalue weighted by Crippen LogP contribution is 2.34. The van der Waals surface area contributed by atoms with E-state index in [0.29, 0.717) is 12.4 Å². The van der Waals surface area contributed by atoms with E-state index in [-0.39, 0.29) is 5.56 Å². The number of aliphatic hydroxyl groups excluding tert-OH is 13. The molecule has 36 nitrogen and oxygen atoms in total. The Bertz CT molecular complexity index is 2610. The second kappa shape index (κ2) is 43.7. The second-order valence-corrected chi connectivity index (χ2v) is 25.7. The zero-order chi connectivity index (χ0) is 74.8. The van der Waals surface area contributed by atoms with E-state index in [1.54, 1.807) is 12.1 Å². The SMILES string of the molecule is CCCCCCCCCCCOc1cccc(C(=O)N[C@@H]2C(O[C@H]3C(O)C(NC(C)=O)[C@H](OC(CO)C(CO)O[C@@H](O[C@H]4C(O)C(NC(C)=O)C(OC(CO)C(CO[C@@H]5OC(C)C(O)[C@H](O)[C@H]5OC)OC(O)[C@H](C)NC(C)=O)O[C@H]4CO)[C@H](C)NC(C)=O)O[C@H]3CO)OC(CO)[C@@H](O)[C@@H]2O)c1. The van der Waals surface area contributed by atoms with Crippen molar-refractivity contribution in [1.82, 2.24) is 26.6 Å². The van der Waals surface area contributed by atoms with Crippen molar-refractivity contribution in [3.8, 4) is 5.75 Å². The van der Waals surface area contributed by atoms with Crippen LogP contribution in [0.15, 0.2) is 24.3 Å². The molecular formula is C65H111N5O31. The normalized spacial score (nSPS) is 32.4. The van der Waals surface area contributed by atoms with Gasteiger partial charge in [-0.05, 0) is 45.4 Å². The third kappa shape index (κ3) is 25.6. The minimum absolute atomic E-state index is 0.0647. The van der Waals surface area contributed by atoms with Crippen molar-refractivity contribution in [3.63, 3.8) is 0 Å². The Morgan fingerprint density at radius 1 is 0.525 bits per heavy atom. The average molecular weight is 1460 g/mol. The fraction of sp³-hybridized carbons (Fsp3) is 0.831. The van der Waals surface area contributed by atoms with E-state index in [9.17, 15) is 90.4 Å². The van der Waals surface area contributed by atoms with Crippen molar-refractivity contribution in [2.75, 3.05) is 60.0 Å². The van der Waals surface area contributed by atoms with Gasteiger partial charge in [0.2, 0.25) is 23.6 Å². The summed E-state index contributed by atoms with van der Waals surface area (Å²) >= 11 is 0. The molecule has 0 aliphatic carbocycles. The molecule has 1 aromatic rings. The van der Waals surface area contributed by atoms with Gasteiger partial charge in [-0.2, -0.15) is 0 Å². The Kier molecular flexibility index (Phi) is 37.7. The summed E-state index contributed by atoms with van der Waals surface area (Å²) in [7, 11) is 1.21. The van der Waals surface area contributed by atoms with Crippen LogP contribution in [0.3, 0.4) is 0 Å². The molecule has 0 aromatic heterocycles. The second-order valence-electron chi connectivity index (χ2n) is 25.7. The van der Waals surface area contributed by atoms with E-state index in [2.05, 4.69) is 33.5 Å². The molecule has 5 amide bonds. The van der Waals surface area contributed by atoms with Gasteiger partial charge in [0.1, 0.15) is 122 Å². The van der Waals surface area contributed by atoms with Crippen molar-refractivity contribution in [3.05, 3.63) is 29.8 Å². The number of aliphatic hydroxyl groups is 13. The van der Waals surface area contributed by atoms with Crippen LogP contribution in [0.1, 0.15) is 124 Å². The number of carbonyl (C=O) groups is 5. The number of benzene rings is 1. The molecule has 582 valence electrons. The summed E-state index contributed by atoms with van der Waals surface area (Å²) in [6.45, 7) is 4.48. The fourth-order valence-corrected chi connectivity index (χ4v) is 12.1. The van der Waals surface area contributed by atoms with Crippen molar-refractivity contribution in [2.24, 2.45) is 0 Å². The Labute approximate surface area is 586 Å². The van der Waals surface area contributed by atoms with Gasteiger partial charge in [-0.1, -0.05) is 64.4 Å². The van der Waals surface area contributed by atoms with E-state index in [1.165, 1.54) is 79.0 Å². The number of amides is 5. The summed E-state index contributed by atoms with van der Waals surface area (Å²) in [5.74, 6) is -3.26. The van der Waals surface area contributed by atoms with Gasteiger partial charge in [0.05, 0.1) is 71.0 Å². The molecule has 4 heterocycles. The molecule has 4 aliphatic rings. The Hall–Kier alpha value is -4.63. The fourth-order valence-electron chi connectivity index (χ4n) is 12.1. The maximum absolute atomic E-state index is 14.0. The summed E-state index contributed by atoms with van der Waals surface area (Å²) in [5, 5.41) is 157. The summed E-state index contributed by atoms with van der Waals surface area (Å²) in [6.07, 6.45) is -29.0. The largest absolute Gasteiger partial charge is 0.494 e. The third-order valence-corrected chi connectivity index (χ3v) is 17.6. The molecule has 4 aliphatic heterocycles. The topological polar surface area (TPSA) is 528 Å². The number of carbonyl (C=O) groups excluding carboxylic acids is 5. The first-order valence-corrected chi connectivity index (χ1v) is 34.3. The number of nitrogens with one attached hydrogen (secondary N) is 5. The zero-order valence-corrected chi connectivity index (χ0v) is 58.7. The maximum atomic E-state index is 14.0. The standard InChI is InChI=1S/C65H111N5O31/c1-10-11-12-13-14-15-16-17-18-22-90-39-21-19-20-38(23-39)59(87)70-47-52(83)51(82)43(27-74)97-64(47)101-57-45(29-76)99-62(49(54(57)85)69-37(8)80)95-41(25-72)40(24-71)94-61(32(3)67-35(6)78)100-56-44(28-75)98-63(48(53(56)84)68-36(7)79)96-42(26-73)46(93-60(88)31(2)66-34(5)77)30-91-65-58(89-9)55(86)50(81)33(4)92-65/h19-21,23,31-33,40-58,60-65,71-76,81-86,88H,10-18,22,24-30H2,1-9H3,(H,66,77)(H,67,78)(H,68,79)(H,69,80)(H,70,87)/t31-,32-,33?,40?,41?,42?,43?,44-,45-,46?,47-,48?,49?,50?,51+,52+,53?,54?,55-,56+,57+,58+,60?,61-,62+,63?,64?,65+/m0/s1.